The Balaban J connectivity index is 1.68. The first-order valence-electron chi connectivity index (χ1n) is 7.93. The van der Waals surface area contributed by atoms with E-state index in [1.54, 1.807) is 0 Å². The predicted octanol–water partition coefficient (Wildman–Crippen LogP) is 3.62. The summed E-state index contributed by atoms with van der Waals surface area (Å²) in [6.45, 7) is 5.14. The standard InChI is InChI=1S/C19H22N4/c1-14(2)16-9-7-15(8-10-16)12-23-13-18(21-22-23)11-17-5-3-4-6-19(17)20/h3-10,13-14H,11-12,20H2,1-2H3. The molecule has 3 aromatic rings. The Bertz CT molecular complexity index is 772. The van der Waals surface area contributed by atoms with Crippen LogP contribution in [0, 0.1) is 0 Å². The highest BCUT2D eigenvalue weighted by molar-refractivity contribution is 5.47. The number of aromatic nitrogens is 3. The molecule has 118 valence electrons. The minimum atomic E-state index is 0.554. The molecule has 0 amide bonds. The molecule has 4 nitrogen and oxygen atoms in total. The van der Waals surface area contributed by atoms with Gasteiger partial charge in [-0.1, -0.05) is 61.5 Å². The van der Waals surface area contributed by atoms with E-state index in [-0.39, 0.29) is 0 Å². The molecule has 0 atom stereocenters. The second-order valence-electron chi connectivity index (χ2n) is 6.18. The van der Waals surface area contributed by atoms with Crippen molar-refractivity contribution in [3.63, 3.8) is 0 Å². The molecule has 23 heavy (non-hydrogen) atoms. The van der Waals surface area contributed by atoms with Crippen LogP contribution in [0.3, 0.4) is 0 Å². The molecule has 3 rings (SSSR count). The normalized spacial score (nSPS) is 11.1. The van der Waals surface area contributed by atoms with Crippen LogP contribution in [0.4, 0.5) is 5.69 Å². The molecule has 0 aliphatic rings. The Morgan fingerprint density at radius 1 is 1.04 bits per heavy atom. The van der Waals surface area contributed by atoms with E-state index in [1.807, 2.05) is 35.1 Å². The van der Waals surface area contributed by atoms with Gasteiger partial charge in [0.15, 0.2) is 0 Å². The molecular weight excluding hydrogens is 284 g/mol. The van der Waals surface area contributed by atoms with Crippen molar-refractivity contribution in [3.05, 3.63) is 77.1 Å². The van der Waals surface area contributed by atoms with Crippen molar-refractivity contribution in [2.24, 2.45) is 0 Å². The van der Waals surface area contributed by atoms with Gasteiger partial charge in [-0.15, -0.1) is 5.10 Å². The summed E-state index contributed by atoms with van der Waals surface area (Å²) in [6.07, 6.45) is 2.70. The maximum absolute atomic E-state index is 5.98. The summed E-state index contributed by atoms with van der Waals surface area (Å²) < 4.78 is 1.87. The SMILES string of the molecule is CC(C)c1ccc(Cn2cc(Cc3ccccc3N)nn2)cc1. The zero-order valence-corrected chi connectivity index (χ0v) is 13.6. The quantitative estimate of drug-likeness (QED) is 0.732. The number of benzene rings is 2. The second kappa shape index (κ2) is 6.65. The Labute approximate surface area is 137 Å². The summed E-state index contributed by atoms with van der Waals surface area (Å²) in [5.74, 6) is 0.554. The third-order valence-corrected chi connectivity index (χ3v) is 4.00. The third-order valence-electron chi connectivity index (χ3n) is 4.00. The summed E-state index contributed by atoms with van der Waals surface area (Å²) in [7, 11) is 0. The lowest BCUT2D eigenvalue weighted by Crippen LogP contribution is -2.00. The number of nitrogens with two attached hydrogens (primary N) is 1. The Hall–Kier alpha value is -2.62. The predicted molar refractivity (Wildman–Crippen MR) is 93.3 cm³/mol. The molecule has 0 aliphatic carbocycles. The van der Waals surface area contributed by atoms with E-state index in [4.69, 9.17) is 5.73 Å². The van der Waals surface area contributed by atoms with E-state index in [0.717, 1.165) is 23.5 Å². The molecular formula is C19H22N4. The van der Waals surface area contributed by atoms with Crippen molar-refractivity contribution < 1.29 is 0 Å². The fraction of sp³-hybridized carbons (Fsp3) is 0.263. The fourth-order valence-electron chi connectivity index (χ4n) is 2.58. The lowest BCUT2D eigenvalue weighted by atomic mass is 10.0. The largest absolute Gasteiger partial charge is 0.398 e. The summed E-state index contributed by atoms with van der Waals surface area (Å²) in [4.78, 5) is 0. The van der Waals surface area contributed by atoms with Crippen molar-refractivity contribution in [1.29, 1.82) is 0 Å². The maximum Gasteiger partial charge on any atom is 0.0871 e. The van der Waals surface area contributed by atoms with Gasteiger partial charge in [0.1, 0.15) is 0 Å². The Morgan fingerprint density at radius 2 is 1.78 bits per heavy atom. The van der Waals surface area contributed by atoms with Crippen molar-refractivity contribution in [2.45, 2.75) is 32.7 Å². The van der Waals surface area contributed by atoms with E-state index < -0.39 is 0 Å². The Kier molecular flexibility index (Phi) is 4.42. The number of rotatable bonds is 5. The van der Waals surface area contributed by atoms with Gasteiger partial charge in [0.05, 0.1) is 12.2 Å². The van der Waals surface area contributed by atoms with Gasteiger partial charge in [-0.25, -0.2) is 4.68 Å². The maximum atomic E-state index is 5.98. The molecule has 1 aromatic heterocycles. The summed E-state index contributed by atoms with van der Waals surface area (Å²) in [5.41, 5.74) is 11.4. The van der Waals surface area contributed by atoms with Gasteiger partial charge >= 0.3 is 0 Å². The van der Waals surface area contributed by atoms with Gasteiger partial charge in [-0.2, -0.15) is 0 Å². The molecule has 2 N–H and O–H groups in total. The molecule has 2 aromatic carbocycles. The van der Waals surface area contributed by atoms with Crippen molar-refractivity contribution in [2.75, 3.05) is 5.73 Å². The number of anilines is 1. The number of nitrogen functional groups attached to an aromatic ring is 1. The molecule has 0 aliphatic heterocycles. The average Bonchev–Trinajstić information content (AvgIpc) is 2.97. The molecule has 0 fully saturated rings. The van der Waals surface area contributed by atoms with Crippen LogP contribution in [0.2, 0.25) is 0 Å². The fourth-order valence-corrected chi connectivity index (χ4v) is 2.58. The molecule has 0 spiro atoms. The van der Waals surface area contributed by atoms with Crippen LogP contribution in [0.1, 0.15) is 42.1 Å². The van der Waals surface area contributed by atoms with Crippen LogP contribution >= 0.6 is 0 Å². The van der Waals surface area contributed by atoms with Crippen LogP contribution < -0.4 is 5.73 Å². The van der Waals surface area contributed by atoms with E-state index in [0.29, 0.717) is 12.3 Å². The van der Waals surface area contributed by atoms with Gasteiger partial charge in [0, 0.05) is 18.3 Å². The minimum Gasteiger partial charge on any atom is -0.398 e. The van der Waals surface area contributed by atoms with Crippen LogP contribution in [0.15, 0.2) is 54.7 Å². The molecule has 0 radical (unpaired) electrons. The monoisotopic (exact) mass is 306 g/mol. The molecule has 4 heteroatoms. The highest BCUT2D eigenvalue weighted by Gasteiger charge is 2.06. The highest BCUT2D eigenvalue weighted by atomic mass is 15.4. The Morgan fingerprint density at radius 3 is 2.48 bits per heavy atom. The van der Waals surface area contributed by atoms with E-state index in [2.05, 4.69) is 48.4 Å². The number of hydrogen-bond acceptors (Lipinski definition) is 3. The van der Waals surface area contributed by atoms with E-state index in [1.165, 1.54) is 11.1 Å². The van der Waals surface area contributed by atoms with Gasteiger partial charge in [0.2, 0.25) is 0 Å². The van der Waals surface area contributed by atoms with E-state index in [9.17, 15) is 0 Å². The smallest absolute Gasteiger partial charge is 0.0871 e. The van der Waals surface area contributed by atoms with Crippen LogP contribution in [0.5, 0.6) is 0 Å². The zero-order chi connectivity index (χ0) is 16.2. The lowest BCUT2D eigenvalue weighted by molar-refractivity contribution is 0.649. The van der Waals surface area contributed by atoms with E-state index >= 15 is 0 Å². The number of hydrogen-bond donors (Lipinski definition) is 1. The van der Waals surface area contributed by atoms with Gasteiger partial charge < -0.3 is 5.73 Å². The highest BCUT2D eigenvalue weighted by Crippen LogP contribution is 2.16. The molecule has 0 saturated carbocycles. The minimum absolute atomic E-state index is 0.554. The van der Waals surface area contributed by atoms with Crippen molar-refractivity contribution in [3.8, 4) is 0 Å². The second-order valence-corrected chi connectivity index (χ2v) is 6.18. The van der Waals surface area contributed by atoms with Crippen molar-refractivity contribution in [1.82, 2.24) is 15.0 Å². The summed E-state index contributed by atoms with van der Waals surface area (Å²) >= 11 is 0. The van der Waals surface area contributed by atoms with Gasteiger partial charge in [-0.3, -0.25) is 0 Å². The van der Waals surface area contributed by atoms with Crippen molar-refractivity contribution >= 4 is 5.69 Å². The lowest BCUT2D eigenvalue weighted by Gasteiger charge is -2.06. The first-order chi connectivity index (χ1) is 11.1. The van der Waals surface area contributed by atoms with Gasteiger partial charge in [-0.05, 0) is 28.7 Å². The molecule has 1 heterocycles. The van der Waals surface area contributed by atoms with Gasteiger partial charge in [0.25, 0.3) is 0 Å². The van der Waals surface area contributed by atoms with Crippen LogP contribution in [0.25, 0.3) is 0 Å². The number of para-hydroxylation sites is 1. The first kappa shape index (κ1) is 15.3. The molecule has 0 unspecified atom stereocenters. The zero-order valence-electron chi connectivity index (χ0n) is 13.6. The summed E-state index contributed by atoms with van der Waals surface area (Å²) in [5, 5.41) is 8.47. The summed E-state index contributed by atoms with van der Waals surface area (Å²) in [6, 6.07) is 16.6. The molecule has 0 bridgehead atoms. The first-order valence-corrected chi connectivity index (χ1v) is 7.93. The topological polar surface area (TPSA) is 56.7 Å². The molecule has 0 saturated heterocycles. The van der Waals surface area contributed by atoms with Crippen LogP contribution in [-0.2, 0) is 13.0 Å². The van der Waals surface area contributed by atoms with Crippen LogP contribution in [-0.4, -0.2) is 15.0 Å². The number of nitrogens with zero attached hydrogens (tertiary/aromatic N) is 3. The average molecular weight is 306 g/mol. The third kappa shape index (κ3) is 3.77.